The Morgan fingerprint density at radius 3 is 2.94 bits per heavy atom. The molecule has 0 spiro atoms. The molecular formula is C12H10N2O2S. The van der Waals surface area contributed by atoms with Crippen molar-refractivity contribution in [1.29, 1.82) is 0 Å². The maximum atomic E-state index is 5.81. The van der Waals surface area contributed by atoms with Gasteiger partial charge in [0.15, 0.2) is 5.76 Å². The van der Waals surface area contributed by atoms with Crippen LogP contribution in [0.25, 0.3) is 21.4 Å². The molecule has 0 aliphatic rings. The number of methoxy groups -OCH3 is 1. The molecule has 3 aromatic rings. The van der Waals surface area contributed by atoms with E-state index in [-0.39, 0.29) is 0 Å². The third-order valence-electron chi connectivity index (χ3n) is 2.63. The van der Waals surface area contributed by atoms with Crippen LogP contribution in [0.5, 0.6) is 5.75 Å². The van der Waals surface area contributed by atoms with Crippen molar-refractivity contribution >= 4 is 27.1 Å². The van der Waals surface area contributed by atoms with Crippen LogP contribution in [-0.4, -0.2) is 12.3 Å². The smallest absolute Gasteiger partial charge is 0.193 e. The van der Waals surface area contributed by atoms with Gasteiger partial charge in [-0.1, -0.05) is 5.16 Å². The summed E-state index contributed by atoms with van der Waals surface area (Å²) in [6.45, 7) is 0. The molecule has 0 bridgehead atoms. The van der Waals surface area contributed by atoms with E-state index in [2.05, 4.69) is 5.16 Å². The second kappa shape index (κ2) is 3.78. The van der Waals surface area contributed by atoms with Crippen LogP contribution in [0, 0.1) is 0 Å². The van der Waals surface area contributed by atoms with Gasteiger partial charge in [0.1, 0.15) is 11.4 Å². The summed E-state index contributed by atoms with van der Waals surface area (Å²) in [5.41, 5.74) is 7.15. The SMILES string of the molecule is COc1c(-c2oncc2N)ccc2sccc12. The molecule has 86 valence electrons. The maximum absolute atomic E-state index is 5.81. The van der Waals surface area contributed by atoms with Crippen LogP contribution >= 0.6 is 11.3 Å². The van der Waals surface area contributed by atoms with Crippen LogP contribution in [-0.2, 0) is 0 Å². The standard InChI is InChI=1S/C12H10N2O2S/c1-15-11-7-4-5-17-10(7)3-2-8(11)12-9(13)6-14-16-12/h2-6H,13H2,1H3. The monoisotopic (exact) mass is 246 g/mol. The van der Waals surface area contributed by atoms with Crippen molar-refractivity contribution in [2.45, 2.75) is 0 Å². The third kappa shape index (κ3) is 1.47. The van der Waals surface area contributed by atoms with Crippen LogP contribution in [0.2, 0.25) is 0 Å². The van der Waals surface area contributed by atoms with Gasteiger partial charge in [0.25, 0.3) is 0 Å². The normalized spacial score (nSPS) is 10.9. The summed E-state index contributed by atoms with van der Waals surface area (Å²) >= 11 is 1.67. The minimum absolute atomic E-state index is 0.512. The zero-order valence-corrected chi connectivity index (χ0v) is 9.95. The fourth-order valence-electron chi connectivity index (χ4n) is 1.87. The predicted molar refractivity (Wildman–Crippen MR) is 68.3 cm³/mol. The maximum Gasteiger partial charge on any atom is 0.193 e. The first-order valence-corrected chi connectivity index (χ1v) is 5.94. The van der Waals surface area contributed by atoms with Gasteiger partial charge in [-0.2, -0.15) is 0 Å². The highest BCUT2D eigenvalue weighted by atomic mass is 32.1. The van der Waals surface area contributed by atoms with Gasteiger partial charge in [0.2, 0.25) is 0 Å². The molecule has 2 heterocycles. The van der Waals surface area contributed by atoms with Crippen molar-refractivity contribution in [3.8, 4) is 17.1 Å². The molecule has 2 N–H and O–H groups in total. The Hall–Kier alpha value is -2.01. The number of thiophene rings is 1. The van der Waals surface area contributed by atoms with Crippen molar-refractivity contribution in [2.24, 2.45) is 0 Å². The van der Waals surface area contributed by atoms with E-state index in [1.165, 1.54) is 10.9 Å². The molecule has 0 aliphatic carbocycles. The predicted octanol–water partition coefficient (Wildman–Crippen LogP) is 3.15. The van der Waals surface area contributed by atoms with Gasteiger partial charge in [0.05, 0.1) is 18.9 Å². The minimum atomic E-state index is 0.512. The highest BCUT2D eigenvalue weighted by molar-refractivity contribution is 7.17. The fraction of sp³-hybridized carbons (Fsp3) is 0.0833. The molecule has 2 aromatic heterocycles. The number of nitrogens with zero attached hydrogens (tertiary/aromatic N) is 1. The average Bonchev–Trinajstić information content (AvgIpc) is 2.95. The Kier molecular flexibility index (Phi) is 2.26. The first-order valence-electron chi connectivity index (χ1n) is 5.06. The number of benzene rings is 1. The topological polar surface area (TPSA) is 61.3 Å². The Morgan fingerprint density at radius 2 is 2.24 bits per heavy atom. The van der Waals surface area contributed by atoms with E-state index in [0.717, 1.165) is 16.7 Å². The molecule has 0 fully saturated rings. The van der Waals surface area contributed by atoms with Crippen LogP contribution in [0.4, 0.5) is 5.69 Å². The number of aromatic nitrogens is 1. The number of fused-ring (bicyclic) bond motifs is 1. The Balaban J connectivity index is 2.33. The number of rotatable bonds is 2. The minimum Gasteiger partial charge on any atom is -0.495 e. The third-order valence-corrected chi connectivity index (χ3v) is 3.51. The van der Waals surface area contributed by atoms with Crippen LogP contribution in [0.15, 0.2) is 34.3 Å². The largest absolute Gasteiger partial charge is 0.495 e. The Bertz CT molecular complexity index is 672. The zero-order valence-electron chi connectivity index (χ0n) is 9.14. The van der Waals surface area contributed by atoms with Crippen molar-refractivity contribution in [1.82, 2.24) is 5.16 Å². The molecule has 0 unspecified atom stereocenters. The average molecular weight is 246 g/mol. The molecule has 0 radical (unpaired) electrons. The van der Waals surface area contributed by atoms with Crippen molar-refractivity contribution < 1.29 is 9.26 Å². The molecular weight excluding hydrogens is 236 g/mol. The summed E-state index contributed by atoms with van der Waals surface area (Å²) in [4.78, 5) is 0. The van der Waals surface area contributed by atoms with Gasteiger partial charge in [-0.05, 0) is 23.6 Å². The van der Waals surface area contributed by atoms with E-state index >= 15 is 0 Å². The summed E-state index contributed by atoms with van der Waals surface area (Å²) in [5, 5.41) is 6.78. The molecule has 0 saturated heterocycles. The second-order valence-corrected chi connectivity index (χ2v) is 4.54. The van der Waals surface area contributed by atoms with Crippen molar-refractivity contribution in [2.75, 3.05) is 12.8 Å². The lowest BCUT2D eigenvalue weighted by atomic mass is 10.1. The Morgan fingerprint density at radius 1 is 1.35 bits per heavy atom. The number of hydrogen-bond donors (Lipinski definition) is 1. The summed E-state index contributed by atoms with van der Waals surface area (Å²) in [6, 6.07) is 5.99. The molecule has 17 heavy (non-hydrogen) atoms. The van der Waals surface area contributed by atoms with E-state index in [9.17, 15) is 0 Å². The van der Waals surface area contributed by atoms with E-state index in [1.54, 1.807) is 18.4 Å². The number of nitrogens with two attached hydrogens (primary N) is 1. The van der Waals surface area contributed by atoms with E-state index in [1.807, 2.05) is 23.6 Å². The first-order chi connectivity index (χ1) is 8.31. The lowest BCUT2D eigenvalue weighted by Crippen LogP contribution is -1.90. The van der Waals surface area contributed by atoms with Crippen LogP contribution < -0.4 is 10.5 Å². The van der Waals surface area contributed by atoms with Gasteiger partial charge >= 0.3 is 0 Å². The second-order valence-electron chi connectivity index (χ2n) is 3.59. The van der Waals surface area contributed by atoms with Crippen LogP contribution in [0.3, 0.4) is 0 Å². The van der Waals surface area contributed by atoms with Gasteiger partial charge in [-0.25, -0.2) is 0 Å². The highest BCUT2D eigenvalue weighted by Crippen LogP contribution is 2.40. The number of nitrogen functional groups attached to an aromatic ring is 1. The number of ether oxygens (including phenoxy) is 1. The molecule has 0 amide bonds. The van der Waals surface area contributed by atoms with Gasteiger partial charge in [-0.3, -0.25) is 0 Å². The summed E-state index contributed by atoms with van der Waals surface area (Å²) in [7, 11) is 1.64. The van der Waals surface area contributed by atoms with E-state index in [4.69, 9.17) is 15.0 Å². The molecule has 3 rings (SSSR count). The van der Waals surface area contributed by atoms with Gasteiger partial charge < -0.3 is 15.0 Å². The molecule has 1 aromatic carbocycles. The van der Waals surface area contributed by atoms with E-state index < -0.39 is 0 Å². The lowest BCUT2D eigenvalue weighted by molar-refractivity contribution is 0.410. The molecule has 0 aliphatic heterocycles. The Labute approximate surface area is 102 Å². The lowest BCUT2D eigenvalue weighted by Gasteiger charge is -2.07. The van der Waals surface area contributed by atoms with Gasteiger partial charge in [-0.15, -0.1) is 11.3 Å². The van der Waals surface area contributed by atoms with Crippen molar-refractivity contribution in [3.63, 3.8) is 0 Å². The summed E-state index contributed by atoms with van der Waals surface area (Å²) in [6.07, 6.45) is 1.49. The molecule has 0 saturated carbocycles. The fourth-order valence-corrected chi connectivity index (χ4v) is 2.65. The molecule has 0 atom stereocenters. The highest BCUT2D eigenvalue weighted by Gasteiger charge is 2.16. The number of anilines is 1. The zero-order chi connectivity index (χ0) is 11.8. The summed E-state index contributed by atoms with van der Waals surface area (Å²) < 4.78 is 11.8. The first kappa shape index (κ1) is 10.2. The molecule has 4 nitrogen and oxygen atoms in total. The van der Waals surface area contributed by atoms with Gasteiger partial charge in [0, 0.05) is 10.1 Å². The quantitative estimate of drug-likeness (QED) is 0.754. The number of hydrogen-bond acceptors (Lipinski definition) is 5. The van der Waals surface area contributed by atoms with E-state index in [0.29, 0.717) is 11.4 Å². The summed E-state index contributed by atoms with van der Waals surface area (Å²) in [5.74, 6) is 1.32. The molecule has 5 heteroatoms. The van der Waals surface area contributed by atoms with Crippen molar-refractivity contribution in [3.05, 3.63) is 29.8 Å². The van der Waals surface area contributed by atoms with Crippen LogP contribution in [0.1, 0.15) is 0 Å².